The quantitative estimate of drug-likeness (QED) is 0.527. The largest absolute Gasteiger partial charge is 0.497 e. The normalized spacial score (nSPS) is 11.1. The van der Waals surface area contributed by atoms with Gasteiger partial charge in [0.05, 0.1) is 32.2 Å². The highest BCUT2D eigenvalue weighted by molar-refractivity contribution is 7.92. The third-order valence-corrected chi connectivity index (χ3v) is 5.92. The molecule has 0 aliphatic carbocycles. The van der Waals surface area contributed by atoms with Crippen molar-refractivity contribution in [3.63, 3.8) is 0 Å². The average molecular weight is 455 g/mol. The Hall–Kier alpha value is -3.36. The van der Waals surface area contributed by atoms with E-state index in [2.05, 4.69) is 5.32 Å². The Morgan fingerprint density at radius 3 is 2.31 bits per heavy atom. The summed E-state index contributed by atoms with van der Waals surface area (Å²) in [6.07, 6.45) is 1.16. The van der Waals surface area contributed by atoms with Crippen molar-refractivity contribution >= 4 is 27.3 Å². The third-order valence-electron chi connectivity index (χ3n) is 4.78. The summed E-state index contributed by atoms with van der Waals surface area (Å²) in [7, 11) is -0.383. The Labute approximate surface area is 188 Å². The van der Waals surface area contributed by atoms with E-state index in [1.165, 1.54) is 11.4 Å². The first-order valence-corrected chi connectivity index (χ1v) is 11.7. The third kappa shape index (κ3) is 6.09. The van der Waals surface area contributed by atoms with Gasteiger partial charge < -0.3 is 14.8 Å². The monoisotopic (exact) mass is 454 g/mol. The van der Waals surface area contributed by atoms with Crippen LogP contribution in [0.15, 0.2) is 72.8 Å². The van der Waals surface area contributed by atoms with Crippen molar-refractivity contribution in [1.29, 1.82) is 0 Å². The van der Waals surface area contributed by atoms with Crippen LogP contribution in [-0.2, 0) is 27.9 Å². The van der Waals surface area contributed by atoms with Gasteiger partial charge in [0.2, 0.25) is 10.0 Å². The summed E-state index contributed by atoms with van der Waals surface area (Å²) in [5.41, 5.74) is 3.36. The van der Waals surface area contributed by atoms with Crippen LogP contribution in [0.25, 0.3) is 0 Å². The lowest BCUT2D eigenvalue weighted by Gasteiger charge is -2.23. The minimum Gasteiger partial charge on any atom is -0.497 e. The number of anilines is 2. The second kappa shape index (κ2) is 10.3. The number of hydrogen-bond donors (Lipinski definition) is 1. The molecule has 3 aromatic rings. The highest BCUT2D eigenvalue weighted by atomic mass is 32.2. The van der Waals surface area contributed by atoms with Crippen molar-refractivity contribution in [3.8, 4) is 5.75 Å². The van der Waals surface area contributed by atoms with Gasteiger partial charge in [0.15, 0.2) is 0 Å². The summed E-state index contributed by atoms with van der Waals surface area (Å²) < 4.78 is 36.4. The van der Waals surface area contributed by atoms with Gasteiger partial charge in [0, 0.05) is 24.4 Å². The molecule has 8 heteroatoms. The fourth-order valence-electron chi connectivity index (χ4n) is 3.20. The maximum atomic E-state index is 12.6. The van der Waals surface area contributed by atoms with Gasteiger partial charge in [-0.05, 0) is 47.5 Å². The molecule has 0 aliphatic heterocycles. The second-order valence-electron chi connectivity index (χ2n) is 7.26. The summed E-state index contributed by atoms with van der Waals surface area (Å²) in [5.74, 6) is 0.316. The van der Waals surface area contributed by atoms with Crippen LogP contribution in [0.3, 0.4) is 0 Å². The molecule has 32 heavy (non-hydrogen) atoms. The molecule has 0 bridgehead atoms. The standard InChI is InChI=1S/C24H26N2O5S/c1-30-17-19-6-4-7-21(14-19)25-24(27)20-12-10-18(11-13-20)16-26(32(3,28)29)22-8-5-9-23(15-22)31-2/h4-15H,16-17H2,1-3H3,(H,25,27). The van der Waals surface area contributed by atoms with E-state index in [0.29, 0.717) is 29.3 Å². The first kappa shape index (κ1) is 23.3. The Balaban J connectivity index is 1.75. The number of hydrogen-bond acceptors (Lipinski definition) is 5. The smallest absolute Gasteiger partial charge is 0.255 e. The van der Waals surface area contributed by atoms with Crippen LogP contribution in [0.2, 0.25) is 0 Å². The van der Waals surface area contributed by atoms with Gasteiger partial charge in [-0.1, -0.05) is 30.3 Å². The minimum atomic E-state index is -3.53. The van der Waals surface area contributed by atoms with Crippen molar-refractivity contribution < 1.29 is 22.7 Å². The first-order chi connectivity index (χ1) is 15.3. The molecule has 3 aromatic carbocycles. The summed E-state index contributed by atoms with van der Waals surface area (Å²) in [6.45, 7) is 0.593. The molecule has 1 amide bonds. The van der Waals surface area contributed by atoms with Gasteiger partial charge in [-0.2, -0.15) is 0 Å². The van der Waals surface area contributed by atoms with Crippen molar-refractivity contribution in [2.75, 3.05) is 30.1 Å². The SMILES string of the molecule is COCc1cccc(NC(=O)c2ccc(CN(c3cccc(OC)c3)S(C)(=O)=O)cc2)c1. The van der Waals surface area contributed by atoms with Crippen molar-refractivity contribution in [2.45, 2.75) is 13.2 Å². The zero-order valence-corrected chi connectivity index (χ0v) is 19.1. The van der Waals surface area contributed by atoms with Crippen molar-refractivity contribution in [3.05, 3.63) is 89.5 Å². The van der Waals surface area contributed by atoms with Gasteiger partial charge >= 0.3 is 0 Å². The summed E-state index contributed by atoms with van der Waals surface area (Å²) in [5, 5.41) is 2.87. The lowest BCUT2D eigenvalue weighted by Crippen LogP contribution is -2.29. The molecule has 0 aromatic heterocycles. The Morgan fingerprint density at radius 2 is 1.66 bits per heavy atom. The van der Waals surface area contributed by atoms with Gasteiger partial charge in [-0.25, -0.2) is 8.42 Å². The van der Waals surface area contributed by atoms with Crippen molar-refractivity contribution in [2.24, 2.45) is 0 Å². The molecule has 0 aliphatic rings. The number of nitrogens with zero attached hydrogens (tertiary/aromatic N) is 1. The molecule has 0 saturated heterocycles. The molecule has 168 valence electrons. The number of sulfonamides is 1. The molecule has 7 nitrogen and oxygen atoms in total. The van der Waals surface area contributed by atoms with Gasteiger partial charge in [-0.15, -0.1) is 0 Å². The van der Waals surface area contributed by atoms with E-state index < -0.39 is 10.0 Å². The van der Waals surface area contributed by atoms with Crippen LogP contribution in [0.4, 0.5) is 11.4 Å². The molecule has 0 spiro atoms. The number of benzene rings is 3. The summed E-state index contributed by atoms with van der Waals surface area (Å²) in [6, 6.07) is 21.1. The summed E-state index contributed by atoms with van der Waals surface area (Å²) in [4.78, 5) is 12.6. The molecule has 3 rings (SSSR count). The van der Waals surface area contributed by atoms with Crippen LogP contribution in [0, 0.1) is 0 Å². The van der Waals surface area contributed by atoms with Crippen LogP contribution in [0.5, 0.6) is 5.75 Å². The van der Waals surface area contributed by atoms with E-state index in [1.54, 1.807) is 55.6 Å². The predicted octanol–water partition coefficient (Wildman–Crippen LogP) is 4.06. The van der Waals surface area contributed by atoms with E-state index >= 15 is 0 Å². The molecular formula is C24H26N2O5S. The number of ether oxygens (including phenoxy) is 2. The first-order valence-electron chi connectivity index (χ1n) is 9.90. The van der Waals surface area contributed by atoms with E-state index in [0.717, 1.165) is 17.4 Å². The van der Waals surface area contributed by atoms with Crippen molar-refractivity contribution in [1.82, 2.24) is 0 Å². The number of rotatable bonds is 9. The van der Waals surface area contributed by atoms with Crippen LogP contribution < -0.4 is 14.4 Å². The van der Waals surface area contributed by atoms with Crippen LogP contribution in [-0.4, -0.2) is 34.8 Å². The van der Waals surface area contributed by atoms with E-state index in [9.17, 15) is 13.2 Å². The van der Waals surface area contributed by atoms with Crippen LogP contribution >= 0.6 is 0 Å². The number of methoxy groups -OCH3 is 2. The highest BCUT2D eigenvalue weighted by Crippen LogP contribution is 2.25. The molecular weight excluding hydrogens is 428 g/mol. The highest BCUT2D eigenvalue weighted by Gasteiger charge is 2.19. The number of amides is 1. The molecule has 0 saturated carbocycles. The number of carbonyl (C=O) groups excluding carboxylic acids is 1. The molecule has 0 unspecified atom stereocenters. The van der Waals surface area contributed by atoms with Gasteiger partial charge in [-0.3, -0.25) is 9.10 Å². The summed E-state index contributed by atoms with van der Waals surface area (Å²) >= 11 is 0. The van der Waals surface area contributed by atoms with E-state index in [4.69, 9.17) is 9.47 Å². The van der Waals surface area contributed by atoms with Gasteiger partial charge in [0.25, 0.3) is 5.91 Å². The fourth-order valence-corrected chi connectivity index (χ4v) is 4.08. The Bertz CT molecular complexity index is 1180. The van der Waals surface area contributed by atoms with E-state index in [-0.39, 0.29) is 12.5 Å². The second-order valence-corrected chi connectivity index (χ2v) is 9.16. The molecule has 0 radical (unpaired) electrons. The molecule has 1 N–H and O–H groups in total. The molecule has 0 fully saturated rings. The number of nitrogens with one attached hydrogen (secondary N) is 1. The lowest BCUT2D eigenvalue weighted by atomic mass is 10.1. The van der Waals surface area contributed by atoms with Crippen LogP contribution in [0.1, 0.15) is 21.5 Å². The maximum Gasteiger partial charge on any atom is 0.255 e. The van der Waals surface area contributed by atoms with E-state index in [1.807, 2.05) is 24.3 Å². The Kier molecular flexibility index (Phi) is 7.50. The molecule has 0 heterocycles. The predicted molar refractivity (Wildman–Crippen MR) is 126 cm³/mol. The maximum absolute atomic E-state index is 12.6. The Morgan fingerprint density at radius 1 is 0.938 bits per heavy atom. The topological polar surface area (TPSA) is 84.9 Å². The fraction of sp³-hybridized carbons (Fsp3) is 0.208. The average Bonchev–Trinajstić information content (AvgIpc) is 2.77. The van der Waals surface area contributed by atoms with Gasteiger partial charge in [0.1, 0.15) is 5.75 Å². The number of carbonyl (C=O) groups is 1. The minimum absolute atomic E-state index is 0.132. The lowest BCUT2D eigenvalue weighted by molar-refractivity contribution is 0.102. The molecule has 0 atom stereocenters. The zero-order valence-electron chi connectivity index (χ0n) is 18.2. The zero-order chi connectivity index (χ0) is 23.1.